The number of ether oxygens (including phenoxy) is 1. The van der Waals surface area contributed by atoms with Gasteiger partial charge in [-0.05, 0) is 99.7 Å². The third kappa shape index (κ3) is 4.38. The molecule has 2 fully saturated rings. The monoisotopic (exact) mass is 342 g/mol. The van der Waals surface area contributed by atoms with Crippen molar-refractivity contribution >= 4 is 5.97 Å². The molecule has 2 heteroatoms. The Hall–Kier alpha value is -1.05. The van der Waals surface area contributed by atoms with E-state index in [1.165, 1.54) is 64.2 Å². The highest BCUT2D eigenvalue weighted by molar-refractivity contribution is 5.69. The molecular formula is C23H34O2. The molecule has 0 aromatic heterocycles. The number of carbonyl (C=O) groups is 1. The topological polar surface area (TPSA) is 26.3 Å². The van der Waals surface area contributed by atoms with Crippen LogP contribution in [-0.2, 0) is 9.53 Å². The molecule has 0 bridgehead atoms. The number of hydrogen-bond donors (Lipinski definition) is 0. The van der Waals surface area contributed by atoms with Crippen LogP contribution >= 0.6 is 0 Å². The average Bonchev–Trinajstić information content (AvgIpc) is 2.66. The van der Waals surface area contributed by atoms with Crippen molar-refractivity contribution in [1.29, 1.82) is 0 Å². The Morgan fingerprint density at radius 1 is 0.720 bits per heavy atom. The normalized spacial score (nSPS) is 40.2. The van der Waals surface area contributed by atoms with Gasteiger partial charge in [0.25, 0.3) is 0 Å². The van der Waals surface area contributed by atoms with E-state index in [0.717, 1.165) is 23.7 Å². The molecule has 0 amide bonds. The molecule has 25 heavy (non-hydrogen) atoms. The second-order valence-corrected chi connectivity index (χ2v) is 9.17. The number of carbonyl (C=O) groups excluding carboxylic acids is 1. The van der Waals surface area contributed by atoms with Gasteiger partial charge in [0.15, 0.2) is 0 Å². The van der Waals surface area contributed by atoms with Crippen molar-refractivity contribution in [1.82, 2.24) is 0 Å². The van der Waals surface area contributed by atoms with E-state index >= 15 is 0 Å². The molecular weight excluding hydrogens is 308 g/mol. The zero-order chi connectivity index (χ0) is 17.1. The van der Waals surface area contributed by atoms with Crippen LogP contribution in [0.15, 0.2) is 24.3 Å². The third-order valence-electron chi connectivity index (χ3n) is 7.52. The maximum atomic E-state index is 12.3. The summed E-state index contributed by atoms with van der Waals surface area (Å²) in [6, 6.07) is 0. The van der Waals surface area contributed by atoms with E-state index in [2.05, 4.69) is 24.3 Å². The Bertz CT molecular complexity index is 520. The molecule has 4 aliphatic rings. The third-order valence-corrected chi connectivity index (χ3v) is 7.52. The van der Waals surface area contributed by atoms with E-state index in [9.17, 15) is 4.79 Å². The van der Waals surface area contributed by atoms with Gasteiger partial charge in [-0.3, -0.25) is 4.79 Å². The van der Waals surface area contributed by atoms with Crippen LogP contribution in [-0.4, -0.2) is 12.6 Å². The van der Waals surface area contributed by atoms with Crippen LogP contribution in [0.3, 0.4) is 0 Å². The van der Waals surface area contributed by atoms with Crippen LogP contribution in [0.4, 0.5) is 0 Å². The summed E-state index contributed by atoms with van der Waals surface area (Å²) in [6.07, 6.45) is 22.7. The Morgan fingerprint density at radius 2 is 1.24 bits per heavy atom. The van der Waals surface area contributed by atoms with Crippen LogP contribution in [0.25, 0.3) is 0 Å². The minimum Gasteiger partial charge on any atom is -0.465 e. The second kappa shape index (κ2) is 8.10. The van der Waals surface area contributed by atoms with E-state index in [4.69, 9.17) is 4.74 Å². The molecule has 6 unspecified atom stereocenters. The summed E-state index contributed by atoms with van der Waals surface area (Å²) >= 11 is 0. The fourth-order valence-corrected chi connectivity index (χ4v) is 5.97. The van der Waals surface area contributed by atoms with Gasteiger partial charge >= 0.3 is 5.97 Å². The van der Waals surface area contributed by atoms with Crippen molar-refractivity contribution in [3.05, 3.63) is 24.3 Å². The maximum absolute atomic E-state index is 12.3. The minimum atomic E-state index is 0.0699. The molecule has 0 heterocycles. The molecule has 4 rings (SSSR count). The molecule has 2 saturated carbocycles. The number of allylic oxidation sites excluding steroid dienone is 4. The summed E-state index contributed by atoms with van der Waals surface area (Å²) < 4.78 is 5.73. The van der Waals surface area contributed by atoms with E-state index < -0.39 is 0 Å². The molecule has 0 spiro atoms. The average molecular weight is 343 g/mol. The van der Waals surface area contributed by atoms with Crippen LogP contribution in [0.1, 0.15) is 70.6 Å². The lowest BCUT2D eigenvalue weighted by Gasteiger charge is -2.38. The SMILES string of the molecule is O=C(CC1CCC2CC=CCC2C1)OCC1CCC2CC=CCC2C1. The summed E-state index contributed by atoms with van der Waals surface area (Å²) in [7, 11) is 0. The summed E-state index contributed by atoms with van der Waals surface area (Å²) in [5.74, 6) is 4.70. The van der Waals surface area contributed by atoms with Gasteiger partial charge < -0.3 is 4.74 Å². The fourth-order valence-electron chi connectivity index (χ4n) is 5.97. The van der Waals surface area contributed by atoms with Crippen molar-refractivity contribution < 1.29 is 9.53 Å². The molecule has 0 aliphatic heterocycles. The van der Waals surface area contributed by atoms with Crippen molar-refractivity contribution in [2.24, 2.45) is 35.5 Å². The van der Waals surface area contributed by atoms with Gasteiger partial charge in [-0.15, -0.1) is 0 Å². The van der Waals surface area contributed by atoms with Crippen molar-refractivity contribution in [3.63, 3.8) is 0 Å². The van der Waals surface area contributed by atoms with Gasteiger partial charge in [0, 0.05) is 6.42 Å². The first-order chi connectivity index (χ1) is 12.3. The maximum Gasteiger partial charge on any atom is 0.306 e. The highest BCUT2D eigenvalue weighted by Crippen LogP contribution is 2.42. The van der Waals surface area contributed by atoms with Crippen molar-refractivity contribution in [2.75, 3.05) is 6.61 Å². The lowest BCUT2D eigenvalue weighted by molar-refractivity contribution is -0.147. The molecule has 138 valence electrons. The molecule has 0 aromatic rings. The largest absolute Gasteiger partial charge is 0.465 e. The first-order valence-electron chi connectivity index (χ1n) is 10.7. The van der Waals surface area contributed by atoms with E-state index in [1.54, 1.807) is 0 Å². The Morgan fingerprint density at radius 3 is 1.88 bits per heavy atom. The van der Waals surface area contributed by atoms with Gasteiger partial charge in [0.2, 0.25) is 0 Å². The predicted molar refractivity (Wildman–Crippen MR) is 101 cm³/mol. The van der Waals surface area contributed by atoms with Crippen LogP contribution < -0.4 is 0 Å². The summed E-state index contributed by atoms with van der Waals surface area (Å²) in [5.41, 5.74) is 0. The zero-order valence-corrected chi connectivity index (χ0v) is 15.6. The van der Waals surface area contributed by atoms with Crippen LogP contribution in [0.2, 0.25) is 0 Å². The van der Waals surface area contributed by atoms with Gasteiger partial charge in [-0.25, -0.2) is 0 Å². The smallest absolute Gasteiger partial charge is 0.306 e. The van der Waals surface area contributed by atoms with Crippen molar-refractivity contribution in [3.8, 4) is 0 Å². The Balaban J connectivity index is 1.18. The molecule has 2 nitrogen and oxygen atoms in total. The Kier molecular flexibility index (Phi) is 5.63. The van der Waals surface area contributed by atoms with Crippen molar-refractivity contribution in [2.45, 2.75) is 70.6 Å². The molecule has 0 radical (unpaired) electrons. The van der Waals surface area contributed by atoms with Gasteiger partial charge in [0.05, 0.1) is 6.61 Å². The van der Waals surface area contributed by atoms with E-state index in [0.29, 0.717) is 24.9 Å². The quantitative estimate of drug-likeness (QED) is 0.485. The molecule has 6 atom stereocenters. The van der Waals surface area contributed by atoms with E-state index in [-0.39, 0.29) is 5.97 Å². The number of esters is 1. The Labute approximate surface area is 153 Å². The molecule has 0 aromatic carbocycles. The van der Waals surface area contributed by atoms with Crippen LogP contribution in [0.5, 0.6) is 0 Å². The number of hydrogen-bond acceptors (Lipinski definition) is 2. The lowest BCUT2D eigenvalue weighted by Crippen LogP contribution is -2.30. The fraction of sp³-hybridized carbons (Fsp3) is 0.783. The summed E-state index contributed by atoms with van der Waals surface area (Å²) in [4.78, 5) is 12.3. The molecule has 4 aliphatic carbocycles. The lowest BCUT2D eigenvalue weighted by atomic mass is 9.69. The highest BCUT2D eigenvalue weighted by atomic mass is 16.5. The summed E-state index contributed by atoms with van der Waals surface area (Å²) in [6.45, 7) is 0.674. The summed E-state index contributed by atoms with van der Waals surface area (Å²) in [5, 5.41) is 0. The van der Waals surface area contributed by atoms with E-state index in [1.807, 2.05) is 0 Å². The number of rotatable bonds is 4. The highest BCUT2D eigenvalue weighted by Gasteiger charge is 2.33. The first-order valence-corrected chi connectivity index (χ1v) is 10.7. The second-order valence-electron chi connectivity index (χ2n) is 9.17. The first kappa shape index (κ1) is 17.4. The molecule has 0 saturated heterocycles. The van der Waals surface area contributed by atoms with Gasteiger partial charge in [-0.1, -0.05) is 24.3 Å². The molecule has 0 N–H and O–H groups in total. The van der Waals surface area contributed by atoms with Gasteiger partial charge in [0.1, 0.15) is 0 Å². The minimum absolute atomic E-state index is 0.0699. The predicted octanol–water partition coefficient (Wildman–Crippen LogP) is 5.68. The number of fused-ring (bicyclic) bond motifs is 2. The standard InChI is InChI=1S/C23H34O2/c24-23(15-17-9-11-19-5-1-3-7-21(19)13-17)25-16-18-10-12-20-6-2-4-8-22(20)14-18/h1-4,17-22H,5-16H2. The van der Waals surface area contributed by atoms with Gasteiger partial charge in [-0.2, -0.15) is 0 Å². The van der Waals surface area contributed by atoms with Crippen LogP contribution in [0, 0.1) is 35.5 Å². The zero-order valence-electron chi connectivity index (χ0n) is 15.6.